The van der Waals surface area contributed by atoms with Gasteiger partial charge in [-0.2, -0.15) is 13.2 Å². The Morgan fingerprint density at radius 2 is 2.05 bits per heavy atom. The number of nitrogens with two attached hydrogens (primary N) is 1. The number of hydrogen-bond acceptors (Lipinski definition) is 3. The van der Waals surface area contributed by atoms with Gasteiger partial charge in [0.2, 0.25) is 0 Å². The number of hydrogen-bond donors (Lipinski definition) is 1. The lowest BCUT2D eigenvalue weighted by Crippen LogP contribution is -2.25. The smallest absolute Gasteiger partial charge is 0.416 e. The third-order valence-electron chi connectivity index (χ3n) is 2.81. The lowest BCUT2D eigenvalue weighted by atomic mass is 9.97. The highest BCUT2D eigenvalue weighted by atomic mass is 19.4. The van der Waals surface area contributed by atoms with E-state index in [1.54, 1.807) is 0 Å². The van der Waals surface area contributed by atoms with Crippen molar-refractivity contribution in [3.05, 3.63) is 35.1 Å². The molecular formula is C13H15F4NO2. The zero-order chi connectivity index (χ0) is 15.3. The van der Waals surface area contributed by atoms with Crippen molar-refractivity contribution in [2.45, 2.75) is 31.5 Å². The zero-order valence-corrected chi connectivity index (χ0v) is 10.8. The third-order valence-corrected chi connectivity index (χ3v) is 2.81. The van der Waals surface area contributed by atoms with E-state index >= 15 is 0 Å². The van der Waals surface area contributed by atoms with Gasteiger partial charge in [-0.15, -0.1) is 0 Å². The Hall–Kier alpha value is -1.63. The molecule has 7 heteroatoms. The molecule has 0 heterocycles. The van der Waals surface area contributed by atoms with E-state index in [1.165, 1.54) is 7.11 Å². The van der Waals surface area contributed by atoms with E-state index in [2.05, 4.69) is 4.74 Å². The van der Waals surface area contributed by atoms with Crippen molar-refractivity contribution in [2.24, 2.45) is 5.73 Å². The first-order valence-electron chi connectivity index (χ1n) is 5.92. The van der Waals surface area contributed by atoms with Crippen LogP contribution < -0.4 is 5.73 Å². The van der Waals surface area contributed by atoms with Gasteiger partial charge in [-0.1, -0.05) is 6.07 Å². The zero-order valence-electron chi connectivity index (χ0n) is 10.8. The Morgan fingerprint density at radius 3 is 2.60 bits per heavy atom. The number of carbonyl (C=O) groups excluding carboxylic acids is 1. The molecule has 2 N–H and O–H groups in total. The molecule has 1 rings (SSSR count). The average Bonchev–Trinajstić information content (AvgIpc) is 2.36. The number of benzene rings is 1. The van der Waals surface area contributed by atoms with Crippen LogP contribution in [0.2, 0.25) is 0 Å². The lowest BCUT2D eigenvalue weighted by Gasteiger charge is -2.16. The van der Waals surface area contributed by atoms with Crippen LogP contribution in [0.4, 0.5) is 17.6 Å². The van der Waals surface area contributed by atoms with Crippen molar-refractivity contribution in [3.8, 4) is 0 Å². The molecule has 0 fully saturated rings. The minimum atomic E-state index is -4.64. The van der Waals surface area contributed by atoms with Crippen LogP contribution in [0.15, 0.2) is 18.2 Å². The van der Waals surface area contributed by atoms with Gasteiger partial charge in [-0.05, 0) is 30.5 Å². The first kappa shape index (κ1) is 16.4. The summed E-state index contributed by atoms with van der Waals surface area (Å²) in [6.07, 6.45) is -4.51. The van der Waals surface area contributed by atoms with E-state index < -0.39 is 29.6 Å². The van der Waals surface area contributed by atoms with Crippen molar-refractivity contribution in [1.82, 2.24) is 0 Å². The molecule has 0 aliphatic heterocycles. The molecule has 0 spiro atoms. The molecule has 3 nitrogen and oxygen atoms in total. The molecule has 0 saturated heterocycles. The van der Waals surface area contributed by atoms with E-state index in [-0.39, 0.29) is 24.8 Å². The molecule has 1 unspecified atom stereocenters. The Balaban J connectivity index is 2.79. The van der Waals surface area contributed by atoms with Gasteiger partial charge in [0, 0.05) is 12.5 Å². The van der Waals surface area contributed by atoms with E-state index in [0.717, 1.165) is 12.1 Å². The van der Waals surface area contributed by atoms with Gasteiger partial charge in [0.25, 0.3) is 0 Å². The normalized spacial score (nSPS) is 13.1. The van der Waals surface area contributed by atoms with Gasteiger partial charge in [0.15, 0.2) is 0 Å². The van der Waals surface area contributed by atoms with Crippen molar-refractivity contribution in [1.29, 1.82) is 0 Å². The molecule has 0 amide bonds. The fraction of sp³-hybridized carbons (Fsp3) is 0.462. The summed E-state index contributed by atoms with van der Waals surface area (Å²) in [5.41, 5.74) is 4.57. The van der Waals surface area contributed by atoms with Crippen LogP contribution in [-0.4, -0.2) is 19.1 Å². The summed E-state index contributed by atoms with van der Waals surface area (Å²) < 4.78 is 55.6. The van der Waals surface area contributed by atoms with Gasteiger partial charge in [-0.25, -0.2) is 4.39 Å². The number of methoxy groups -OCH3 is 1. The topological polar surface area (TPSA) is 52.3 Å². The summed E-state index contributed by atoms with van der Waals surface area (Å²) in [5, 5.41) is 0. The average molecular weight is 293 g/mol. The standard InChI is InChI=1S/C13H15F4NO2/c1-20-12(19)5-4-10(18)6-8-2-3-9(14)7-11(8)13(15,16)17/h2-3,7,10H,4-6,18H2,1H3. The SMILES string of the molecule is COC(=O)CCC(N)Cc1ccc(F)cc1C(F)(F)F. The predicted octanol–water partition coefficient (Wildman–Crippen LogP) is 2.67. The minimum absolute atomic E-state index is 0.0280. The lowest BCUT2D eigenvalue weighted by molar-refractivity contribution is -0.141. The molecule has 0 radical (unpaired) electrons. The van der Waals surface area contributed by atoms with Crippen LogP contribution in [-0.2, 0) is 22.1 Å². The molecular weight excluding hydrogens is 278 g/mol. The summed E-state index contributed by atoms with van der Waals surface area (Å²) in [7, 11) is 1.22. The second-order valence-corrected chi connectivity index (χ2v) is 4.38. The van der Waals surface area contributed by atoms with Crippen molar-refractivity contribution in [3.63, 3.8) is 0 Å². The largest absolute Gasteiger partial charge is 0.469 e. The number of alkyl halides is 3. The number of halogens is 4. The second-order valence-electron chi connectivity index (χ2n) is 4.38. The van der Waals surface area contributed by atoms with Crippen LogP contribution in [0, 0.1) is 5.82 Å². The molecule has 0 aliphatic rings. The highest BCUT2D eigenvalue weighted by Crippen LogP contribution is 2.33. The maximum atomic E-state index is 12.9. The number of carbonyl (C=O) groups is 1. The molecule has 1 aromatic carbocycles. The summed E-state index contributed by atoms with van der Waals surface area (Å²) >= 11 is 0. The Labute approximate surface area is 113 Å². The summed E-state index contributed by atoms with van der Waals surface area (Å²) in [6.45, 7) is 0. The molecule has 0 saturated carbocycles. The highest BCUT2D eigenvalue weighted by molar-refractivity contribution is 5.69. The Morgan fingerprint density at radius 1 is 1.40 bits per heavy atom. The first-order valence-corrected chi connectivity index (χ1v) is 5.92. The number of esters is 1. The fourth-order valence-electron chi connectivity index (χ4n) is 1.78. The molecule has 20 heavy (non-hydrogen) atoms. The molecule has 112 valence electrons. The van der Waals surface area contributed by atoms with E-state index in [9.17, 15) is 22.4 Å². The molecule has 1 atom stereocenters. The molecule has 1 aromatic rings. The first-order chi connectivity index (χ1) is 9.24. The minimum Gasteiger partial charge on any atom is -0.469 e. The van der Waals surface area contributed by atoms with Gasteiger partial charge in [0.05, 0.1) is 12.7 Å². The highest BCUT2D eigenvalue weighted by Gasteiger charge is 2.34. The summed E-state index contributed by atoms with van der Waals surface area (Å²) in [5.74, 6) is -1.43. The van der Waals surface area contributed by atoms with Crippen LogP contribution in [0.25, 0.3) is 0 Å². The van der Waals surface area contributed by atoms with E-state index in [1.807, 2.05) is 0 Å². The van der Waals surface area contributed by atoms with E-state index in [0.29, 0.717) is 6.07 Å². The number of ether oxygens (including phenoxy) is 1. The Kier molecular flexibility index (Phi) is 5.50. The fourth-order valence-corrected chi connectivity index (χ4v) is 1.78. The van der Waals surface area contributed by atoms with E-state index in [4.69, 9.17) is 5.73 Å². The summed E-state index contributed by atoms with van der Waals surface area (Å²) in [4.78, 5) is 10.9. The van der Waals surface area contributed by atoms with Crippen molar-refractivity contribution >= 4 is 5.97 Å². The predicted molar refractivity (Wildman–Crippen MR) is 64.3 cm³/mol. The maximum absolute atomic E-state index is 12.9. The third kappa shape index (κ3) is 4.80. The Bertz CT molecular complexity index is 474. The van der Waals surface area contributed by atoms with Crippen LogP contribution >= 0.6 is 0 Å². The van der Waals surface area contributed by atoms with Crippen LogP contribution in [0.3, 0.4) is 0 Å². The molecule has 0 aromatic heterocycles. The monoisotopic (exact) mass is 293 g/mol. The van der Waals surface area contributed by atoms with Crippen LogP contribution in [0.5, 0.6) is 0 Å². The van der Waals surface area contributed by atoms with Crippen molar-refractivity contribution in [2.75, 3.05) is 7.11 Å². The van der Waals surface area contributed by atoms with Gasteiger partial charge in [0.1, 0.15) is 5.82 Å². The van der Waals surface area contributed by atoms with Gasteiger partial charge < -0.3 is 10.5 Å². The molecule has 0 aliphatic carbocycles. The number of rotatable bonds is 5. The molecule has 0 bridgehead atoms. The second kappa shape index (κ2) is 6.69. The van der Waals surface area contributed by atoms with Gasteiger partial charge >= 0.3 is 12.1 Å². The summed E-state index contributed by atoms with van der Waals surface area (Å²) in [6, 6.07) is 1.83. The van der Waals surface area contributed by atoms with Crippen molar-refractivity contribution < 1.29 is 27.1 Å². The van der Waals surface area contributed by atoms with Crippen LogP contribution in [0.1, 0.15) is 24.0 Å². The quantitative estimate of drug-likeness (QED) is 0.671. The maximum Gasteiger partial charge on any atom is 0.416 e. The van der Waals surface area contributed by atoms with Gasteiger partial charge in [-0.3, -0.25) is 4.79 Å².